The predicted octanol–water partition coefficient (Wildman–Crippen LogP) is 3.28. The van der Waals surface area contributed by atoms with E-state index in [0.29, 0.717) is 5.02 Å². The van der Waals surface area contributed by atoms with Gasteiger partial charge in [-0.1, -0.05) is 17.7 Å². The highest BCUT2D eigenvalue weighted by atomic mass is 35.5. The number of hydrogen-bond donors (Lipinski definition) is 1. The van der Waals surface area contributed by atoms with Crippen LogP contribution in [0.4, 0.5) is 0 Å². The van der Waals surface area contributed by atoms with Gasteiger partial charge in [0.1, 0.15) is 0 Å². The summed E-state index contributed by atoms with van der Waals surface area (Å²) in [5, 5.41) is 14.3. The quantitative estimate of drug-likeness (QED) is 0.908. The van der Waals surface area contributed by atoms with Crippen molar-refractivity contribution >= 4 is 11.6 Å². The molecule has 2 aromatic rings. The lowest BCUT2D eigenvalue weighted by molar-refractivity contribution is 0.282. The van der Waals surface area contributed by atoms with Crippen molar-refractivity contribution in [3.05, 3.63) is 41.0 Å². The van der Waals surface area contributed by atoms with Crippen molar-refractivity contribution in [2.75, 3.05) is 0 Å². The molecule has 0 amide bonds. The minimum absolute atomic E-state index is 0.00419. The normalized spacial score (nSPS) is 11.1. The number of aromatic nitrogens is 2. The van der Waals surface area contributed by atoms with Crippen LogP contribution in [0, 0.1) is 0 Å². The Balaban J connectivity index is 2.59. The molecule has 0 aliphatic rings. The lowest BCUT2D eigenvalue weighted by atomic mass is 10.0. The highest BCUT2D eigenvalue weighted by Crippen LogP contribution is 2.28. The van der Waals surface area contributed by atoms with Gasteiger partial charge in [-0.3, -0.25) is 4.68 Å². The second-order valence-electron chi connectivity index (χ2n) is 4.21. The van der Waals surface area contributed by atoms with Crippen molar-refractivity contribution in [2.45, 2.75) is 26.5 Å². The third kappa shape index (κ3) is 2.35. The topological polar surface area (TPSA) is 38.0 Å². The van der Waals surface area contributed by atoms with E-state index in [9.17, 15) is 5.11 Å². The van der Waals surface area contributed by atoms with Crippen LogP contribution in [0.3, 0.4) is 0 Å². The highest BCUT2D eigenvalue weighted by Gasteiger charge is 2.12. The maximum atomic E-state index is 9.36. The van der Waals surface area contributed by atoms with E-state index in [-0.39, 0.29) is 12.6 Å². The Morgan fingerprint density at radius 3 is 2.76 bits per heavy atom. The van der Waals surface area contributed by atoms with Crippen LogP contribution in [-0.4, -0.2) is 14.9 Å². The Morgan fingerprint density at radius 1 is 1.35 bits per heavy atom. The molecular formula is C13H15ClN2O. The van der Waals surface area contributed by atoms with E-state index in [4.69, 9.17) is 11.6 Å². The first-order chi connectivity index (χ1) is 8.13. The monoisotopic (exact) mass is 250 g/mol. The summed E-state index contributed by atoms with van der Waals surface area (Å²) in [7, 11) is 0. The van der Waals surface area contributed by atoms with Gasteiger partial charge in [-0.2, -0.15) is 5.10 Å². The number of nitrogens with zero attached hydrogens (tertiary/aromatic N) is 2. The van der Waals surface area contributed by atoms with E-state index >= 15 is 0 Å². The molecule has 0 unspecified atom stereocenters. The maximum Gasteiger partial charge on any atom is 0.0689 e. The number of hydrogen-bond acceptors (Lipinski definition) is 2. The van der Waals surface area contributed by atoms with Gasteiger partial charge in [0, 0.05) is 22.8 Å². The summed E-state index contributed by atoms with van der Waals surface area (Å²) < 4.78 is 1.92. The highest BCUT2D eigenvalue weighted by molar-refractivity contribution is 6.30. The molecule has 17 heavy (non-hydrogen) atoms. The van der Waals surface area contributed by atoms with Crippen molar-refractivity contribution in [1.82, 2.24) is 9.78 Å². The fraction of sp³-hybridized carbons (Fsp3) is 0.308. The van der Waals surface area contributed by atoms with E-state index in [2.05, 4.69) is 18.9 Å². The second kappa shape index (κ2) is 4.90. The van der Waals surface area contributed by atoms with Gasteiger partial charge in [0.15, 0.2) is 0 Å². The van der Waals surface area contributed by atoms with Gasteiger partial charge in [-0.25, -0.2) is 0 Å². The van der Waals surface area contributed by atoms with Gasteiger partial charge >= 0.3 is 0 Å². The molecule has 0 bridgehead atoms. The number of halogens is 1. The zero-order chi connectivity index (χ0) is 12.4. The van der Waals surface area contributed by atoms with E-state index in [1.54, 1.807) is 12.3 Å². The lowest BCUT2D eigenvalue weighted by Gasteiger charge is -2.13. The molecule has 0 saturated carbocycles. The van der Waals surface area contributed by atoms with Crippen molar-refractivity contribution in [2.24, 2.45) is 0 Å². The fourth-order valence-electron chi connectivity index (χ4n) is 1.86. The molecule has 0 spiro atoms. The molecule has 1 N–H and O–H groups in total. The van der Waals surface area contributed by atoms with Crippen LogP contribution in [0.15, 0.2) is 30.5 Å². The zero-order valence-corrected chi connectivity index (χ0v) is 10.6. The Bertz CT molecular complexity index is 520. The summed E-state index contributed by atoms with van der Waals surface area (Å²) in [5.74, 6) is 0. The Labute approximate surface area is 106 Å². The molecule has 0 radical (unpaired) electrons. The Morgan fingerprint density at radius 2 is 2.12 bits per heavy atom. The first-order valence-electron chi connectivity index (χ1n) is 5.56. The molecule has 0 aliphatic heterocycles. The van der Waals surface area contributed by atoms with Gasteiger partial charge in [0.25, 0.3) is 0 Å². The number of rotatable bonds is 3. The summed E-state index contributed by atoms with van der Waals surface area (Å²) in [6, 6.07) is 7.70. The summed E-state index contributed by atoms with van der Waals surface area (Å²) in [6.45, 7) is 4.13. The first-order valence-corrected chi connectivity index (χ1v) is 5.94. The molecule has 1 aromatic heterocycles. The summed E-state index contributed by atoms with van der Waals surface area (Å²) >= 11 is 6.01. The fourth-order valence-corrected chi connectivity index (χ4v) is 2.04. The van der Waals surface area contributed by atoms with Crippen molar-refractivity contribution in [3.8, 4) is 11.3 Å². The lowest BCUT2D eigenvalue weighted by Crippen LogP contribution is -2.05. The minimum Gasteiger partial charge on any atom is -0.392 e. The third-order valence-corrected chi connectivity index (χ3v) is 2.91. The van der Waals surface area contributed by atoms with E-state index in [0.717, 1.165) is 16.8 Å². The molecule has 0 fully saturated rings. The molecule has 0 atom stereocenters. The van der Waals surface area contributed by atoms with Gasteiger partial charge in [0.05, 0.1) is 12.3 Å². The van der Waals surface area contributed by atoms with Crippen LogP contribution in [0.1, 0.15) is 25.5 Å². The van der Waals surface area contributed by atoms with Crippen LogP contribution in [0.5, 0.6) is 0 Å². The van der Waals surface area contributed by atoms with Gasteiger partial charge in [-0.05, 0) is 37.6 Å². The van der Waals surface area contributed by atoms with Crippen LogP contribution < -0.4 is 0 Å². The predicted molar refractivity (Wildman–Crippen MR) is 69.0 cm³/mol. The Hall–Kier alpha value is -1.32. The van der Waals surface area contributed by atoms with Crippen LogP contribution in [0.25, 0.3) is 11.3 Å². The van der Waals surface area contributed by atoms with Crippen molar-refractivity contribution in [1.29, 1.82) is 0 Å². The molecule has 2 rings (SSSR count). The molecule has 0 aliphatic carbocycles. The maximum absolute atomic E-state index is 9.36. The number of aliphatic hydroxyl groups excluding tert-OH is 1. The van der Waals surface area contributed by atoms with Gasteiger partial charge in [0.2, 0.25) is 0 Å². The third-order valence-electron chi connectivity index (χ3n) is 2.68. The van der Waals surface area contributed by atoms with Crippen LogP contribution >= 0.6 is 11.6 Å². The molecule has 1 aromatic carbocycles. The average Bonchev–Trinajstić information content (AvgIpc) is 2.77. The summed E-state index contributed by atoms with van der Waals surface area (Å²) in [6.07, 6.45) is 1.76. The molecule has 90 valence electrons. The van der Waals surface area contributed by atoms with Crippen molar-refractivity contribution < 1.29 is 5.11 Å². The SMILES string of the molecule is CC(C)n1nccc1-c1cc(Cl)ccc1CO. The first kappa shape index (κ1) is 12.1. The molecule has 0 saturated heterocycles. The van der Waals surface area contributed by atoms with E-state index < -0.39 is 0 Å². The zero-order valence-electron chi connectivity index (χ0n) is 9.89. The second-order valence-corrected chi connectivity index (χ2v) is 4.65. The molecule has 3 nitrogen and oxygen atoms in total. The van der Waals surface area contributed by atoms with Crippen LogP contribution in [-0.2, 0) is 6.61 Å². The van der Waals surface area contributed by atoms with Crippen LogP contribution in [0.2, 0.25) is 5.02 Å². The smallest absolute Gasteiger partial charge is 0.0689 e. The van der Waals surface area contributed by atoms with E-state index in [1.165, 1.54) is 0 Å². The molecule has 4 heteroatoms. The van der Waals surface area contributed by atoms with Gasteiger partial charge in [-0.15, -0.1) is 0 Å². The van der Waals surface area contributed by atoms with Gasteiger partial charge < -0.3 is 5.11 Å². The summed E-state index contributed by atoms with van der Waals surface area (Å²) in [5.41, 5.74) is 2.77. The largest absolute Gasteiger partial charge is 0.392 e. The number of aliphatic hydroxyl groups is 1. The van der Waals surface area contributed by atoms with Crippen molar-refractivity contribution in [3.63, 3.8) is 0 Å². The molecular weight excluding hydrogens is 236 g/mol. The molecule has 1 heterocycles. The van der Waals surface area contributed by atoms with E-state index in [1.807, 2.05) is 22.9 Å². The minimum atomic E-state index is -0.00419. The summed E-state index contributed by atoms with van der Waals surface area (Å²) in [4.78, 5) is 0. The Kier molecular flexibility index (Phi) is 3.50. The number of benzene rings is 1. The standard InChI is InChI=1S/C13H15ClN2O/c1-9(2)16-13(5-6-15-16)12-7-11(14)4-3-10(12)8-17/h3-7,9,17H,8H2,1-2H3. The average molecular weight is 251 g/mol.